The average Bonchev–Trinajstić information content (AvgIpc) is 3.23. The zero-order valence-corrected chi connectivity index (χ0v) is 17.3. The van der Waals surface area contributed by atoms with Gasteiger partial charge in [0.15, 0.2) is 0 Å². The molecule has 5 nitrogen and oxygen atoms in total. The number of rotatable bonds is 4. The summed E-state index contributed by atoms with van der Waals surface area (Å²) in [7, 11) is 0. The molecule has 1 aromatic heterocycles. The van der Waals surface area contributed by atoms with Crippen LogP contribution in [-0.2, 0) is 4.79 Å². The van der Waals surface area contributed by atoms with Crippen LogP contribution in [0.15, 0.2) is 54.6 Å². The summed E-state index contributed by atoms with van der Waals surface area (Å²) in [4.78, 5) is 16.9. The Balaban J connectivity index is 0.00000150. The summed E-state index contributed by atoms with van der Waals surface area (Å²) < 4.78 is 0. The third kappa shape index (κ3) is 5.26. The molecule has 1 aliphatic heterocycles. The summed E-state index contributed by atoms with van der Waals surface area (Å²) >= 11 is 0. The normalized spacial score (nSPS) is 15.7. The maximum atomic E-state index is 12.4. The molecule has 0 aliphatic carbocycles. The number of nitrogens with one attached hydrogen (secondary N) is 2. The van der Waals surface area contributed by atoms with E-state index in [1.165, 1.54) is 0 Å². The number of anilines is 1. The van der Waals surface area contributed by atoms with E-state index in [1.807, 2.05) is 54.6 Å². The number of pyridine rings is 1. The topological polar surface area (TPSA) is 74.2 Å². The molecule has 0 spiro atoms. The van der Waals surface area contributed by atoms with Crippen LogP contribution < -0.4 is 10.6 Å². The third-order valence-corrected chi connectivity index (χ3v) is 4.80. The molecule has 7 heteroatoms. The monoisotopic (exact) mass is 431 g/mol. The van der Waals surface area contributed by atoms with Crippen molar-refractivity contribution in [3.8, 4) is 5.75 Å². The molecule has 2 heterocycles. The van der Waals surface area contributed by atoms with Gasteiger partial charge in [-0.15, -0.1) is 24.8 Å². The Labute approximate surface area is 182 Å². The number of carbonyl (C=O) groups excluding carboxylic acids is 1. The number of carbonyl (C=O) groups is 1. The highest BCUT2D eigenvalue weighted by molar-refractivity contribution is 5.95. The van der Waals surface area contributed by atoms with Crippen LogP contribution in [0.3, 0.4) is 0 Å². The van der Waals surface area contributed by atoms with Gasteiger partial charge in [-0.05, 0) is 42.8 Å². The molecule has 1 amide bonds. The van der Waals surface area contributed by atoms with Gasteiger partial charge in [0.25, 0.3) is 0 Å². The van der Waals surface area contributed by atoms with Crippen molar-refractivity contribution in [2.45, 2.75) is 6.42 Å². The molecule has 1 saturated heterocycles. The minimum atomic E-state index is 0. The van der Waals surface area contributed by atoms with Crippen LogP contribution in [0.1, 0.15) is 17.7 Å². The van der Waals surface area contributed by atoms with Crippen molar-refractivity contribution in [3.63, 3.8) is 0 Å². The summed E-state index contributed by atoms with van der Waals surface area (Å²) in [6.45, 7) is 1.62. The summed E-state index contributed by atoms with van der Waals surface area (Å²) in [5.41, 5.74) is 3.02. The van der Waals surface area contributed by atoms with Crippen LogP contribution in [0.4, 0.5) is 5.69 Å². The number of phenols is 1. The number of halogens is 2. The quantitative estimate of drug-likeness (QED) is 0.568. The Morgan fingerprint density at radius 1 is 1.07 bits per heavy atom. The van der Waals surface area contributed by atoms with Gasteiger partial charge in [-0.25, -0.2) is 4.98 Å². The fourth-order valence-corrected chi connectivity index (χ4v) is 3.28. The maximum Gasteiger partial charge on any atom is 0.228 e. The summed E-state index contributed by atoms with van der Waals surface area (Å²) in [6.07, 6.45) is 4.68. The molecule has 152 valence electrons. The van der Waals surface area contributed by atoms with Crippen LogP contribution in [0.25, 0.3) is 23.1 Å². The number of phenolic OH excluding ortho intramolecular Hbond substituents is 1. The first-order chi connectivity index (χ1) is 13.2. The number of benzene rings is 2. The lowest BCUT2D eigenvalue weighted by molar-refractivity contribution is -0.119. The molecular formula is C22H23Cl2N3O2. The lowest BCUT2D eigenvalue weighted by atomic mass is 10.1. The summed E-state index contributed by atoms with van der Waals surface area (Å²) in [5.74, 6) is 0.238. The molecule has 1 atom stereocenters. The second-order valence-corrected chi connectivity index (χ2v) is 6.68. The number of aromatic nitrogens is 1. The van der Waals surface area contributed by atoms with Gasteiger partial charge in [0.1, 0.15) is 11.3 Å². The van der Waals surface area contributed by atoms with E-state index in [0.29, 0.717) is 5.52 Å². The van der Waals surface area contributed by atoms with Gasteiger partial charge in [-0.1, -0.05) is 42.5 Å². The second kappa shape index (κ2) is 10.3. The predicted octanol–water partition coefficient (Wildman–Crippen LogP) is 4.50. The van der Waals surface area contributed by atoms with Crippen molar-refractivity contribution < 1.29 is 9.90 Å². The van der Waals surface area contributed by atoms with Crippen molar-refractivity contribution in [1.29, 1.82) is 0 Å². The highest BCUT2D eigenvalue weighted by Crippen LogP contribution is 2.24. The van der Waals surface area contributed by atoms with Gasteiger partial charge in [0.05, 0.1) is 11.6 Å². The average molecular weight is 432 g/mol. The molecule has 3 aromatic rings. The highest BCUT2D eigenvalue weighted by atomic mass is 35.5. The second-order valence-electron chi connectivity index (χ2n) is 6.68. The van der Waals surface area contributed by atoms with Crippen LogP contribution in [0.5, 0.6) is 5.75 Å². The number of aromatic hydroxyl groups is 1. The van der Waals surface area contributed by atoms with E-state index in [9.17, 15) is 9.90 Å². The van der Waals surface area contributed by atoms with Gasteiger partial charge < -0.3 is 15.7 Å². The summed E-state index contributed by atoms with van der Waals surface area (Å²) in [5, 5.41) is 17.1. The Morgan fingerprint density at radius 3 is 2.69 bits per heavy atom. The molecule has 3 N–H and O–H groups in total. The highest BCUT2D eigenvalue weighted by Gasteiger charge is 2.22. The predicted molar refractivity (Wildman–Crippen MR) is 123 cm³/mol. The van der Waals surface area contributed by atoms with Gasteiger partial charge in [-0.3, -0.25) is 4.79 Å². The van der Waals surface area contributed by atoms with E-state index < -0.39 is 0 Å². The minimum absolute atomic E-state index is 0. The van der Waals surface area contributed by atoms with E-state index in [2.05, 4.69) is 15.6 Å². The molecule has 4 rings (SSSR count). The fourth-order valence-electron chi connectivity index (χ4n) is 3.28. The Hall–Kier alpha value is -2.60. The molecule has 0 bridgehead atoms. The van der Waals surface area contributed by atoms with Crippen LogP contribution in [-0.4, -0.2) is 29.1 Å². The molecular weight excluding hydrogens is 409 g/mol. The van der Waals surface area contributed by atoms with E-state index in [4.69, 9.17) is 0 Å². The SMILES string of the molecule is Cl.Cl.O=C(Nc1ccccc1/C=C/c1ccc2cccc(O)c2n1)C1CCNC1. The lowest BCUT2D eigenvalue weighted by Crippen LogP contribution is -2.24. The Kier molecular flexibility index (Phi) is 8.02. The number of fused-ring (bicyclic) bond motifs is 1. The van der Waals surface area contributed by atoms with E-state index in [-0.39, 0.29) is 42.4 Å². The van der Waals surface area contributed by atoms with Gasteiger partial charge in [-0.2, -0.15) is 0 Å². The van der Waals surface area contributed by atoms with Crippen molar-refractivity contribution in [2.75, 3.05) is 18.4 Å². The first-order valence-electron chi connectivity index (χ1n) is 9.08. The van der Waals surface area contributed by atoms with Gasteiger partial charge in [0.2, 0.25) is 5.91 Å². The van der Waals surface area contributed by atoms with Gasteiger partial charge in [0, 0.05) is 17.6 Å². The number of amides is 1. The van der Waals surface area contributed by atoms with Crippen LogP contribution in [0.2, 0.25) is 0 Å². The van der Waals surface area contributed by atoms with Crippen molar-refractivity contribution >= 4 is 59.5 Å². The fraction of sp³-hybridized carbons (Fsp3) is 0.182. The van der Waals surface area contributed by atoms with E-state index in [1.54, 1.807) is 12.1 Å². The number of hydrogen-bond acceptors (Lipinski definition) is 4. The molecule has 1 aliphatic rings. The number of nitrogens with zero attached hydrogens (tertiary/aromatic N) is 1. The standard InChI is InChI=1S/C22H21N3O2.2ClH/c26-20-7-3-5-16-9-11-18(24-21(16)20)10-8-15-4-1-2-6-19(15)25-22(27)17-12-13-23-14-17;;/h1-11,17,23,26H,12-14H2,(H,25,27);2*1H/b10-8+;;. The van der Waals surface area contributed by atoms with Crippen molar-refractivity contribution in [1.82, 2.24) is 10.3 Å². The molecule has 1 fully saturated rings. The van der Waals surface area contributed by atoms with Crippen molar-refractivity contribution in [2.24, 2.45) is 5.92 Å². The molecule has 29 heavy (non-hydrogen) atoms. The van der Waals surface area contributed by atoms with Crippen molar-refractivity contribution in [3.05, 3.63) is 65.9 Å². The Bertz CT molecular complexity index is 1020. The van der Waals surface area contributed by atoms with Crippen LogP contribution in [0, 0.1) is 5.92 Å². The summed E-state index contributed by atoms with van der Waals surface area (Å²) in [6, 6.07) is 16.9. The zero-order chi connectivity index (χ0) is 18.6. The molecule has 0 saturated carbocycles. The molecule has 2 aromatic carbocycles. The minimum Gasteiger partial charge on any atom is -0.506 e. The molecule has 0 radical (unpaired) electrons. The maximum absolute atomic E-state index is 12.4. The number of hydrogen-bond donors (Lipinski definition) is 3. The van der Waals surface area contributed by atoms with Crippen LogP contribution >= 0.6 is 24.8 Å². The number of para-hydroxylation sites is 2. The first kappa shape index (κ1) is 22.7. The van der Waals surface area contributed by atoms with E-state index >= 15 is 0 Å². The van der Waals surface area contributed by atoms with Gasteiger partial charge >= 0.3 is 0 Å². The zero-order valence-electron chi connectivity index (χ0n) is 15.7. The third-order valence-electron chi connectivity index (χ3n) is 4.80. The largest absolute Gasteiger partial charge is 0.506 e. The smallest absolute Gasteiger partial charge is 0.228 e. The lowest BCUT2D eigenvalue weighted by Gasteiger charge is -2.12. The Morgan fingerprint density at radius 2 is 1.90 bits per heavy atom. The molecule has 1 unspecified atom stereocenters. The first-order valence-corrected chi connectivity index (χ1v) is 9.08. The van der Waals surface area contributed by atoms with E-state index in [0.717, 1.165) is 41.8 Å².